The van der Waals surface area contributed by atoms with Gasteiger partial charge in [-0.1, -0.05) is 0 Å². The monoisotopic (exact) mass is 340 g/mol. The van der Waals surface area contributed by atoms with Crippen LogP contribution in [0.5, 0.6) is 17.8 Å². The molecular formula is C12H15F3N2O6. The molecule has 0 saturated heterocycles. The zero-order chi connectivity index (χ0) is 17.8. The summed E-state index contributed by atoms with van der Waals surface area (Å²) in [6.07, 6.45) is -7.47. The predicted molar refractivity (Wildman–Crippen MR) is 68.7 cm³/mol. The van der Waals surface area contributed by atoms with Crippen LogP contribution in [0.1, 0.15) is 6.92 Å². The summed E-state index contributed by atoms with van der Waals surface area (Å²) in [4.78, 5) is 18.5. The highest BCUT2D eigenvalue weighted by Gasteiger charge is 2.61. The molecule has 8 nitrogen and oxygen atoms in total. The minimum absolute atomic E-state index is 0.0814. The van der Waals surface area contributed by atoms with E-state index in [1.165, 1.54) is 20.3 Å². The van der Waals surface area contributed by atoms with Gasteiger partial charge in [0.2, 0.25) is 23.5 Å². The summed E-state index contributed by atoms with van der Waals surface area (Å²) >= 11 is 0. The van der Waals surface area contributed by atoms with Gasteiger partial charge in [-0.3, -0.25) is 0 Å². The Morgan fingerprint density at radius 1 is 1.17 bits per heavy atom. The first-order valence-corrected chi connectivity index (χ1v) is 6.07. The SMILES string of the molecule is COc1cc(OC)nc(OC(C(=O)O)C(C)(OC)C(F)(F)F)n1. The molecule has 0 aliphatic heterocycles. The van der Waals surface area contributed by atoms with Crippen molar-refractivity contribution in [2.75, 3.05) is 21.3 Å². The van der Waals surface area contributed by atoms with E-state index in [9.17, 15) is 18.0 Å². The van der Waals surface area contributed by atoms with E-state index in [-0.39, 0.29) is 11.8 Å². The van der Waals surface area contributed by atoms with Crippen LogP contribution in [0.4, 0.5) is 13.2 Å². The summed E-state index contributed by atoms with van der Waals surface area (Å²) in [6.45, 7) is 0.545. The van der Waals surface area contributed by atoms with Gasteiger partial charge in [0.15, 0.2) is 0 Å². The summed E-state index contributed by atoms with van der Waals surface area (Å²) < 4.78 is 58.2. The van der Waals surface area contributed by atoms with Crippen molar-refractivity contribution >= 4 is 5.97 Å². The number of alkyl halides is 3. The topological polar surface area (TPSA) is 100 Å². The Morgan fingerprint density at radius 2 is 1.65 bits per heavy atom. The van der Waals surface area contributed by atoms with Crippen molar-refractivity contribution in [2.24, 2.45) is 0 Å². The second-order valence-corrected chi connectivity index (χ2v) is 4.38. The minimum atomic E-state index is -5.02. The van der Waals surface area contributed by atoms with Crippen LogP contribution in [0.15, 0.2) is 6.07 Å². The molecule has 1 heterocycles. The van der Waals surface area contributed by atoms with E-state index in [4.69, 9.17) is 19.3 Å². The van der Waals surface area contributed by atoms with Crippen LogP contribution in [0.25, 0.3) is 0 Å². The van der Waals surface area contributed by atoms with Crippen molar-refractivity contribution in [3.05, 3.63) is 6.07 Å². The van der Waals surface area contributed by atoms with E-state index in [2.05, 4.69) is 14.7 Å². The molecule has 2 unspecified atom stereocenters. The zero-order valence-corrected chi connectivity index (χ0v) is 12.7. The van der Waals surface area contributed by atoms with Crippen molar-refractivity contribution < 1.29 is 42.0 Å². The molecule has 0 amide bonds. The summed E-state index contributed by atoms with van der Waals surface area (Å²) in [5.74, 6) is -2.07. The van der Waals surface area contributed by atoms with E-state index in [1.807, 2.05) is 0 Å². The molecule has 11 heteroatoms. The number of aromatic nitrogens is 2. The average Bonchev–Trinajstić information content (AvgIpc) is 2.49. The molecule has 0 radical (unpaired) electrons. The lowest BCUT2D eigenvalue weighted by Gasteiger charge is -2.34. The van der Waals surface area contributed by atoms with E-state index >= 15 is 0 Å². The van der Waals surface area contributed by atoms with Gasteiger partial charge in [0.05, 0.1) is 20.3 Å². The van der Waals surface area contributed by atoms with Crippen molar-refractivity contribution in [3.8, 4) is 17.8 Å². The molecule has 1 N–H and O–H groups in total. The first-order valence-electron chi connectivity index (χ1n) is 6.07. The molecular weight excluding hydrogens is 325 g/mol. The quantitative estimate of drug-likeness (QED) is 0.793. The van der Waals surface area contributed by atoms with Crippen LogP contribution in [0.3, 0.4) is 0 Å². The molecule has 0 spiro atoms. The summed E-state index contributed by atoms with van der Waals surface area (Å²) in [5, 5.41) is 9.09. The maximum Gasteiger partial charge on any atom is 0.421 e. The van der Waals surface area contributed by atoms with Crippen molar-refractivity contribution in [1.82, 2.24) is 9.97 Å². The highest BCUT2D eigenvalue weighted by Crippen LogP contribution is 2.37. The lowest BCUT2D eigenvalue weighted by Crippen LogP contribution is -2.59. The van der Waals surface area contributed by atoms with Crippen molar-refractivity contribution in [1.29, 1.82) is 0 Å². The second kappa shape index (κ2) is 6.86. The summed E-state index contributed by atoms with van der Waals surface area (Å²) in [5.41, 5.74) is -3.13. The number of hydrogen-bond donors (Lipinski definition) is 1. The molecule has 0 aliphatic carbocycles. The van der Waals surface area contributed by atoms with Gasteiger partial charge < -0.3 is 24.1 Å². The fourth-order valence-corrected chi connectivity index (χ4v) is 1.52. The minimum Gasteiger partial charge on any atom is -0.481 e. The average molecular weight is 340 g/mol. The molecule has 0 aliphatic rings. The maximum absolute atomic E-state index is 13.2. The molecule has 0 aromatic carbocycles. The Balaban J connectivity index is 3.27. The number of carbonyl (C=O) groups is 1. The molecule has 23 heavy (non-hydrogen) atoms. The molecule has 0 bridgehead atoms. The molecule has 130 valence electrons. The van der Waals surface area contributed by atoms with Gasteiger partial charge in [0.1, 0.15) is 0 Å². The number of aliphatic carboxylic acids is 1. The Bertz CT molecular complexity index is 546. The number of methoxy groups -OCH3 is 3. The molecule has 0 fully saturated rings. The van der Waals surface area contributed by atoms with Crippen LogP contribution in [0, 0.1) is 0 Å². The summed E-state index contributed by atoms with van der Waals surface area (Å²) in [6, 6.07) is 0.572. The summed E-state index contributed by atoms with van der Waals surface area (Å²) in [7, 11) is 3.21. The smallest absolute Gasteiger partial charge is 0.421 e. The van der Waals surface area contributed by atoms with Crippen LogP contribution >= 0.6 is 0 Å². The number of ether oxygens (including phenoxy) is 4. The van der Waals surface area contributed by atoms with Gasteiger partial charge in [-0.2, -0.15) is 23.1 Å². The van der Waals surface area contributed by atoms with Gasteiger partial charge in [-0.25, -0.2) is 4.79 Å². The number of hydrogen-bond acceptors (Lipinski definition) is 7. The van der Waals surface area contributed by atoms with Gasteiger partial charge in [-0.15, -0.1) is 0 Å². The largest absolute Gasteiger partial charge is 0.481 e. The van der Waals surface area contributed by atoms with Crippen LogP contribution < -0.4 is 14.2 Å². The molecule has 1 aromatic rings. The third-order valence-electron chi connectivity index (χ3n) is 3.01. The number of rotatable bonds is 7. The fourth-order valence-electron chi connectivity index (χ4n) is 1.52. The lowest BCUT2D eigenvalue weighted by atomic mass is 9.98. The Labute approximate surface area is 129 Å². The highest BCUT2D eigenvalue weighted by atomic mass is 19.4. The first-order chi connectivity index (χ1) is 10.6. The fraction of sp³-hybridized carbons (Fsp3) is 0.583. The van der Waals surface area contributed by atoms with E-state index < -0.39 is 29.9 Å². The third kappa shape index (κ3) is 3.92. The van der Waals surface area contributed by atoms with E-state index in [0.717, 1.165) is 7.11 Å². The number of halogens is 3. The molecule has 1 rings (SSSR count). The van der Waals surface area contributed by atoms with E-state index in [1.54, 1.807) is 0 Å². The van der Waals surface area contributed by atoms with Crippen LogP contribution in [0.2, 0.25) is 0 Å². The Morgan fingerprint density at radius 3 is 1.96 bits per heavy atom. The van der Waals surface area contributed by atoms with Crippen LogP contribution in [-0.2, 0) is 9.53 Å². The standard InChI is InChI=1S/C12H15F3N2O6/c1-11(22-4,12(13,14)15)8(9(18)19)23-10-16-6(20-2)5-7(17-10)21-3/h5,8H,1-4H3,(H,18,19). The third-order valence-corrected chi connectivity index (χ3v) is 3.01. The molecule has 2 atom stereocenters. The number of carboxylic acids is 1. The van der Waals surface area contributed by atoms with E-state index in [0.29, 0.717) is 6.92 Å². The van der Waals surface area contributed by atoms with Crippen molar-refractivity contribution in [2.45, 2.75) is 24.8 Å². The number of carboxylic acid groups (broad SMARTS) is 1. The lowest BCUT2D eigenvalue weighted by molar-refractivity contribution is -0.287. The predicted octanol–water partition coefficient (Wildman–Crippen LogP) is 1.29. The van der Waals surface area contributed by atoms with Crippen LogP contribution in [-0.4, -0.2) is 60.3 Å². The first kappa shape index (κ1) is 18.7. The van der Waals surface area contributed by atoms with Gasteiger partial charge in [0, 0.05) is 7.11 Å². The van der Waals surface area contributed by atoms with Gasteiger partial charge in [-0.05, 0) is 6.92 Å². The maximum atomic E-state index is 13.2. The highest BCUT2D eigenvalue weighted by molar-refractivity contribution is 5.74. The number of nitrogens with zero attached hydrogens (tertiary/aromatic N) is 2. The molecule has 0 saturated carbocycles. The van der Waals surface area contributed by atoms with Crippen molar-refractivity contribution in [3.63, 3.8) is 0 Å². The Kier molecular flexibility index (Phi) is 5.59. The van der Waals surface area contributed by atoms with Gasteiger partial charge in [0.25, 0.3) is 0 Å². The Hall–Kier alpha value is -2.30. The normalized spacial score (nSPS) is 15.4. The molecule has 1 aromatic heterocycles. The van der Waals surface area contributed by atoms with Gasteiger partial charge >= 0.3 is 18.2 Å². The second-order valence-electron chi connectivity index (χ2n) is 4.38. The zero-order valence-electron chi connectivity index (χ0n) is 12.7.